The van der Waals surface area contributed by atoms with Crippen molar-refractivity contribution in [1.29, 1.82) is 0 Å². The molecule has 0 aromatic heterocycles. The Kier molecular flexibility index (Phi) is 8.83. The fourth-order valence-electron chi connectivity index (χ4n) is 0.472. The summed E-state index contributed by atoms with van der Waals surface area (Å²) in [6.07, 6.45) is -4.29. The summed E-state index contributed by atoms with van der Waals surface area (Å²) in [5, 5.41) is 42.6. The van der Waals surface area contributed by atoms with Crippen LogP contribution in [0.4, 0.5) is 0 Å². The van der Waals surface area contributed by atoms with Gasteiger partial charge in [-0.1, -0.05) is 0 Å². The second kappa shape index (κ2) is 7.00. The zero-order chi connectivity index (χ0) is 8.15. The van der Waals surface area contributed by atoms with E-state index < -0.39 is 31.5 Å². The SMILES string of the molecule is OCC(O)C(O)C(O)CO.[SeH2]. The number of aliphatic hydroxyl groups is 5. The molecule has 0 radical (unpaired) electrons. The topological polar surface area (TPSA) is 101 Å². The fourth-order valence-corrected chi connectivity index (χ4v) is 0.472. The third kappa shape index (κ3) is 4.71. The van der Waals surface area contributed by atoms with Gasteiger partial charge in [0.05, 0.1) is 13.2 Å². The van der Waals surface area contributed by atoms with Crippen molar-refractivity contribution in [2.75, 3.05) is 13.2 Å². The van der Waals surface area contributed by atoms with E-state index in [2.05, 4.69) is 0 Å². The van der Waals surface area contributed by atoms with Gasteiger partial charge in [-0.05, 0) is 0 Å². The van der Waals surface area contributed by atoms with E-state index in [1.807, 2.05) is 0 Å². The number of rotatable bonds is 4. The number of aliphatic hydroxyl groups excluding tert-OH is 5. The Morgan fingerprint density at radius 3 is 1.27 bits per heavy atom. The molecule has 0 rings (SSSR count). The summed E-state index contributed by atoms with van der Waals surface area (Å²) in [5.74, 6) is 0. The van der Waals surface area contributed by atoms with Crippen LogP contribution in [0.2, 0.25) is 0 Å². The summed E-state index contributed by atoms with van der Waals surface area (Å²) in [6.45, 7) is -1.28. The van der Waals surface area contributed by atoms with Crippen LogP contribution >= 0.6 is 0 Å². The minimum atomic E-state index is -1.49. The first-order valence-corrected chi connectivity index (χ1v) is 2.89. The second-order valence-electron chi connectivity index (χ2n) is 1.99. The van der Waals surface area contributed by atoms with Crippen molar-refractivity contribution >= 4 is 17.1 Å². The Morgan fingerprint density at radius 1 is 0.818 bits per heavy atom. The van der Waals surface area contributed by atoms with E-state index in [0.29, 0.717) is 0 Å². The molecule has 0 aromatic carbocycles. The molecule has 5 N–H and O–H groups in total. The molecule has 2 unspecified atom stereocenters. The summed E-state index contributed by atoms with van der Waals surface area (Å²) in [4.78, 5) is 0. The third-order valence-corrected chi connectivity index (χ3v) is 1.16. The van der Waals surface area contributed by atoms with E-state index >= 15 is 0 Å². The Morgan fingerprint density at radius 2 is 1.09 bits per heavy atom. The van der Waals surface area contributed by atoms with Crippen LogP contribution in [0.5, 0.6) is 0 Å². The molecule has 2 atom stereocenters. The maximum absolute atomic E-state index is 8.77. The molecule has 0 fully saturated rings. The molecule has 0 amide bonds. The zero-order valence-corrected chi connectivity index (χ0v) is 7.98. The van der Waals surface area contributed by atoms with Crippen molar-refractivity contribution in [3.8, 4) is 0 Å². The molecule has 5 nitrogen and oxygen atoms in total. The average Bonchev–Trinajstić information content (AvgIpc) is 2.00. The van der Waals surface area contributed by atoms with E-state index in [0.717, 1.165) is 0 Å². The Hall–Kier alpha value is 0.319. The second-order valence-corrected chi connectivity index (χ2v) is 1.99. The molecule has 0 aromatic rings. The van der Waals surface area contributed by atoms with Crippen LogP contribution in [0.25, 0.3) is 0 Å². The summed E-state index contributed by atoms with van der Waals surface area (Å²) in [6, 6.07) is 0. The molecule has 0 aliphatic rings. The van der Waals surface area contributed by atoms with E-state index in [9.17, 15) is 0 Å². The first-order chi connectivity index (χ1) is 4.63. The molecule has 11 heavy (non-hydrogen) atoms. The summed E-state index contributed by atoms with van der Waals surface area (Å²) < 4.78 is 0. The zero-order valence-electron chi connectivity index (χ0n) is 5.88. The molecule has 70 valence electrons. The van der Waals surface area contributed by atoms with Gasteiger partial charge in [0.25, 0.3) is 0 Å². The minimum absolute atomic E-state index is 0. The molecular formula is C5H14O5Se. The Labute approximate surface area is 74.8 Å². The van der Waals surface area contributed by atoms with Gasteiger partial charge >= 0.3 is 17.1 Å². The normalized spacial score (nSPS) is 18.3. The van der Waals surface area contributed by atoms with Crippen molar-refractivity contribution in [1.82, 2.24) is 0 Å². The van der Waals surface area contributed by atoms with Crippen molar-refractivity contribution in [3.05, 3.63) is 0 Å². The van der Waals surface area contributed by atoms with Gasteiger partial charge in [-0.2, -0.15) is 0 Å². The molecule has 0 bridgehead atoms. The Balaban J connectivity index is 0. The van der Waals surface area contributed by atoms with Gasteiger partial charge < -0.3 is 25.5 Å². The van der Waals surface area contributed by atoms with Gasteiger partial charge in [0, 0.05) is 0 Å². The predicted octanol–water partition coefficient (Wildman–Crippen LogP) is -3.86. The van der Waals surface area contributed by atoms with Crippen molar-refractivity contribution < 1.29 is 25.5 Å². The van der Waals surface area contributed by atoms with Crippen LogP contribution in [-0.2, 0) is 0 Å². The Bertz CT molecular complexity index is 80.9. The summed E-state index contributed by atoms with van der Waals surface area (Å²) in [7, 11) is 0. The quantitative estimate of drug-likeness (QED) is 0.320. The van der Waals surface area contributed by atoms with Gasteiger partial charge in [0.15, 0.2) is 0 Å². The molecule has 6 heteroatoms. The van der Waals surface area contributed by atoms with Crippen molar-refractivity contribution in [3.63, 3.8) is 0 Å². The predicted molar refractivity (Wildman–Crippen MR) is 40.7 cm³/mol. The fraction of sp³-hybridized carbons (Fsp3) is 1.00. The molecule has 0 saturated heterocycles. The first-order valence-electron chi connectivity index (χ1n) is 2.89. The van der Waals surface area contributed by atoms with Crippen LogP contribution in [0, 0.1) is 0 Å². The van der Waals surface area contributed by atoms with Crippen molar-refractivity contribution in [2.24, 2.45) is 0 Å². The monoisotopic (exact) mass is 234 g/mol. The van der Waals surface area contributed by atoms with Gasteiger partial charge in [-0.3, -0.25) is 0 Å². The molecular weight excluding hydrogens is 219 g/mol. The van der Waals surface area contributed by atoms with Gasteiger partial charge in [0.2, 0.25) is 0 Å². The standard InChI is InChI=1S/C5H12O5.H2Se/c6-1-3(8)5(10)4(9)2-7;/h3-10H,1-2H2;1H2. The van der Waals surface area contributed by atoms with Gasteiger partial charge in [0.1, 0.15) is 18.3 Å². The van der Waals surface area contributed by atoms with Crippen LogP contribution < -0.4 is 0 Å². The van der Waals surface area contributed by atoms with Gasteiger partial charge in [-0.25, -0.2) is 0 Å². The average molecular weight is 233 g/mol. The molecule has 0 saturated carbocycles. The van der Waals surface area contributed by atoms with E-state index in [1.165, 1.54) is 0 Å². The molecule has 0 heterocycles. The number of hydrogen-bond acceptors (Lipinski definition) is 5. The van der Waals surface area contributed by atoms with E-state index in [-0.39, 0.29) is 17.1 Å². The van der Waals surface area contributed by atoms with Crippen molar-refractivity contribution in [2.45, 2.75) is 18.3 Å². The van der Waals surface area contributed by atoms with Crippen LogP contribution in [0.3, 0.4) is 0 Å². The van der Waals surface area contributed by atoms with Gasteiger partial charge in [-0.15, -0.1) is 0 Å². The molecule has 0 spiro atoms. The van der Waals surface area contributed by atoms with Crippen LogP contribution in [0.15, 0.2) is 0 Å². The molecule has 0 aliphatic heterocycles. The maximum atomic E-state index is 8.77. The summed E-state index contributed by atoms with van der Waals surface area (Å²) >= 11 is 0. The number of hydrogen-bond donors (Lipinski definition) is 5. The van der Waals surface area contributed by atoms with Crippen LogP contribution in [-0.4, -0.2) is 74.1 Å². The van der Waals surface area contributed by atoms with E-state index in [1.54, 1.807) is 0 Å². The van der Waals surface area contributed by atoms with Crippen LogP contribution in [0.1, 0.15) is 0 Å². The van der Waals surface area contributed by atoms with E-state index in [4.69, 9.17) is 25.5 Å². The first kappa shape index (κ1) is 13.9. The molecule has 0 aliphatic carbocycles. The summed E-state index contributed by atoms with van der Waals surface area (Å²) in [5.41, 5.74) is 0. The third-order valence-electron chi connectivity index (χ3n) is 1.16.